The van der Waals surface area contributed by atoms with Crippen molar-refractivity contribution in [1.82, 2.24) is 20.2 Å². The van der Waals surface area contributed by atoms with Crippen LogP contribution in [-0.4, -0.2) is 32.9 Å². The van der Waals surface area contributed by atoms with E-state index in [1.54, 1.807) is 4.68 Å². The van der Waals surface area contributed by atoms with Crippen LogP contribution in [0.1, 0.15) is 19.8 Å². The van der Waals surface area contributed by atoms with E-state index in [1.165, 1.54) is 0 Å². The zero-order valence-corrected chi connectivity index (χ0v) is 8.96. The lowest BCUT2D eigenvalue weighted by molar-refractivity contribution is 0.0823. The zero-order chi connectivity index (χ0) is 9.97. The molecule has 0 radical (unpaired) electrons. The summed E-state index contributed by atoms with van der Waals surface area (Å²) >= 11 is 5.01. The molecule has 78 valence electrons. The van der Waals surface area contributed by atoms with Crippen molar-refractivity contribution in [2.24, 2.45) is 5.92 Å². The van der Waals surface area contributed by atoms with E-state index < -0.39 is 0 Å². The van der Waals surface area contributed by atoms with Gasteiger partial charge < -0.3 is 4.74 Å². The van der Waals surface area contributed by atoms with Crippen LogP contribution < -0.4 is 0 Å². The molecule has 1 saturated heterocycles. The summed E-state index contributed by atoms with van der Waals surface area (Å²) in [5.41, 5.74) is 0. The van der Waals surface area contributed by atoms with Crippen molar-refractivity contribution < 1.29 is 4.74 Å². The van der Waals surface area contributed by atoms with E-state index in [4.69, 9.17) is 17.0 Å². The first-order valence-corrected chi connectivity index (χ1v) is 5.31. The molecule has 6 heteroatoms. The van der Waals surface area contributed by atoms with Gasteiger partial charge in [0.2, 0.25) is 4.77 Å². The molecule has 1 aliphatic heterocycles. The number of nitrogens with zero attached hydrogens (tertiary/aromatic N) is 3. The van der Waals surface area contributed by atoms with Gasteiger partial charge in [0.05, 0.1) is 6.10 Å². The Morgan fingerprint density at radius 2 is 2.57 bits per heavy atom. The molecule has 2 unspecified atom stereocenters. The van der Waals surface area contributed by atoms with E-state index in [9.17, 15) is 0 Å². The second-order valence-corrected chi connectivity index (χ2v) is 3.92. The number of H-pyrrole nitrogens is 1. The van der Waals surface area contributed by atoms with Crippen LogP contribution in [-0.2, 0) is 11.3 Å². The summed E-state index contributed by atoms with van der Waals surface area (Å²) in [4.78, 5) is 0. The zero-order valence-electron chi connectivity index (χ0n) is 8.14. The highest BCUT2D eigenvalue weighted by atomic mass is 32.1. The molecule has 0 spiro atoms. The molecule has 2 atom stereocenters. The molecule has 1 aliphatic rings. The van der Waals surface area contributed by atoms with Gasteiger partial charge in [0.15, 0.2) is 0 Å². The topological polar surface area (TPSA) is 55.7 Å². The Labute approximate surface area is 87.4 Å². The number of ether oxygens (including phenoxy) is 1. The molecule has 0 bridgehead atoms. The van der Waals surface area contributed by atoms with Gasteiger partial charge >= 0.3 is 0 Å². The Kier molecular flexibility index (Phi) is 2.93. The molecule has 0 saturated carbocycles. The maximum atomic E-state index is 5.60. The maximum absolute atomic E-state index is 5.60. The second-order valence-electron chi connectivity index (χ2n) is 3.56. The van der Waals surface area contributed by atoms with Crippen molar-refractivity contribution in [2.75, 3.05) is 6.61 Å². The highest BCUT2D eigenvalue weighted by Crippen LogP contribution is 2.24. The predicted molar refractivity (Wildman–Crippen MR) is 53.3 cm³/mol. The van der Waals surface area contributed by atoms with Crippen molar-refractivity contribution >= 4 is 12.2 Å². The fraction of sp³-hybridized carbons (Fsp3) is 0.875. The minimum absolute atomic E-state index is 0.361. The van der Waals surface area contributed by atoms with Crippen molar-refractivity contribution in [2.45, 2.75) is 32.4 Å². The van der Waals surface area contributed by atoms with Crippen molar-refractivity contribution in [3.63, 3.8) is 0 Å². The number of tetrazole rings is 1. The summed E-state index contributed by atoms with van der Waals surface area (Å²) in [6, 6.07) is 0. The average molecular weight is 214 g/mol. The van der Waals surface area contributed by atoms with Gasteiger partial charge in [-0.3, -0.25) is 0 Å². The Bertz CT molecular complexity index is 347. The first kappa shape index (κ1) is 9.79. The molecular formula is C8H14N4OS. The standard InChI is InChI=1S/C8H14N4OS/c1-2-7-6(3-4-13-7)5-12-8(14)9-10-11-12/h6-7H,2-5H2,1H3,(H,9,11,14). The molecule has 1 fully saturated rings. The minimum atomic E-state index is 0.361. The van der Waals surface area contributed by atoms with Gasteiger partial charge in [0.25, 0.3) is 0 Å². The first-order chi connectivity index (χ1) is 6.81. The molecule has 0 amide bonds. The van der Waals surface area contributed by atoms with Crippen LogP contribution in [0, 0.1) is 10.7 Å². The summed E-state index contributed by atoms with van der Waals surface area (Å²) in [7, 11) is 0. The number of aromatic nitrogens is 4. The van der Waals surface area contributed by atoms with Crippen LogP contribution in [0.3, 0.4) is 0 Å². The number of rotatable bonds is 3. The van der Waals surface area contributed by atoms with Crippen molar-refractivity contribution in [3.8, 4) is 0 Å². The Morgan fingerprint density at radius 3 is 3.21 bits per heavy atom. The van der Waals surface area contributed by atoms with Gasteiger partial charge in [-0.25, -0.2) is 4.68 Å². The molecule has 1 aromatic heterocycles. The van der Waals surface area contributed by atoms with Gasteiger partial charge in [0, 0.05) is 19.1 Å². The molecular weight excluding hydrogens is 200 g/mol. The molecule has 2 heterocycles. The predicted octanol–water partition coefficient (Wildman–Crippen LogP) is 1.15. The van der Waals surface area contributed by atoms with Gasteiger partial charge in [-0.2, -0.15) is 5.21 Å². The van der Waals surface area contributed by atoms with Crippen LogP contribution in [0.5, 0.6) is 0 Å². The fourth-order valence-corrected chi connectivity index (χ4v) is 2.08. The van der Waals surface area contributed by atoms with Crippen molar-refractivity contribution in [1.29, 1.82) is 0 Å². The highest BCUT2D eigenvalue weighted by Gasteiger charge is 2.27. The summed E-state index contributed by atoms with van der Waals surface area (Å²) in [5, 5.41) is 10.2. The van der Waals surface area contributed by atoms with Crippen LogP contribution in [0.25, 0.3) is 0 Å². The molecule has 1 N–H and O–H groups in total. The van der Waals surface area contributed by atoms with Crippen LogP contribution in [0.4, 0.5) is 0 Å². The summed E-state index contributed by atoms with van der Waals surface area (Å²) in [6.45, 7) is 3.84. The van der Waals surface area contributed by atoms with E-state index in [-0.39, 0.29) is 0 Å². The summed E-state index contributed by atoms with van der Waals surface area (Å²) in [5.74, 6) is 0.536. The lowest BCUT2D eigenvalue weighted by atomic mass is 10.00. The molecule has 14 heavy (non-hydrogen) atoms. The molecule has 5 nitrogen and oxygen atoms in total. The quantitative estimate of drug-likeness (QED) is 0.767. The van der Waals surface area contributed by atoms with E-state index in [0.717, 1.165) is 26.0 Å². The Morgan fingerprint density at radius 1 is 1.71 bits per heavy atom. The Balaban J connectivity index is 2.04. The number of aromatic amines is 1. The summed E-state index contributed by atoms with van der Waals surface area (Å²) < 4.78 is 7.92. The lowest BCUT2D eigenvalue weighted by Gasteiger charge is -2.15. The van der Waals surface area contributed by atoms with Crippen LogP contribution in [0.15, 0.2) is 0 Å². The number of nitrogens with one attached hydrogen (secondary N) is 1. The normalized spacial score (nSPS) is 26.9. The molecule has 1 aromatic rings. The average Bonchev–Trinajstić information content (AvgIpc) is 2.77. The lowest BCUT2D eigenvalue weighted by Crippen LogP contribution is -2.21. The maximum Gasteiger partial charge on any atom is 0.238 e. The molecule has 2 rings (SSSR count). The SMILES string of the molecule is CCC1OCCC1Cn1[nH]nnc1=S. The van der Waals surface area contributed by atoms with E-state index >= 15 is 0 Å². The second kappa shape index (κ2) is 4.18. The molecule has 0 aromatic carbocycles. The van der Waals surface area contributed by atoms with Crippen LogP contribution >= 0.6 is 12.2 Å². The van der Waals surface area contributed by atoms with Crippen LogP contribution in [0.2, 0.25) is 0 Å². The fourth-order valence-electron chi connectivity index (χ4n) is 1.92. The third-order valence-corrected chi connectivity index (χ3v) is 3.00. The van der Waals surface area contributed by atoms with Gasteiger partial charge in [0.1, 0.15) is 0 Å². The number of hydrogen-bond acceptors (Lipinski definition) is 4. The largest absolute Gasteiger partial charge is 0.378 e. The van der Waals surface area contributed by atoms with E-state index in [1.807, 2.05) is 0 Å². The van der Waals surface area contributed by atoms with Gasteiger partial charge in [-0.15, -0.1) is 0 Å². The van der Waals surface area contributed by atoms with Crippen molar-refractivity contribution in [3.05, 3.63) is 4.77 Å². The van der Waals surface area contributed by atoms with Gasteiger partial charge in [-0.1, -0.05) is 17.2 Å². The molecule has 0 aliphatic carbocycles. The highest BCUT2D eigenvalue weighted by molar-refractivity contribution is 7.71. The first-order valence-electron chi connectivity index (χ1n) is 4.90. The summed E-state index contributed by atoms with van der Waals surface area (Å²) in [6.07, 6.45) is 2.51. The van der Waals surface area contributed by atoms with Gasteiger partial charge in [-0.05, 0) is 25.1 Å². The van der Waals surface area contributed by atoms with E-state index in [2.05, 4.69) is 22.4 Å². The smallest absolute Gasteiger partial charge is 0.238 e. The Hall–Kier alpha value is -0.750. The monoisotopic (exact) mass is 214 g/mol. The minimum Gasteiger partial charge on any atom is -0.378 e. The number of hydrogen-bond donors (Lipinski definition) is 1. The van der Waals surface area contributed by atoms with E-state index in [0.29, 0.717) is 16.8 Å². The third-order valence-electron chi connectivity index (χ3n) is 2.70. The third kappa shape index (κ3) is 1.85.